The second kappa shape index (κ2) is 5.32. The molecule has 0 fully saturated rings. The lowest BCUT2D eigenvalue weighted by Gasteiger charge is -2.10. The Balaban J connectivity index is 2.38. The third-order valence-electron chi connectivity index (χ3n) is 2.15. The van der Waals surface area contributed by atoms with Crippen LogP contribution in [0.25, 0.3) is 11.3 Å². The van der Waals surface area contributed by atoms with Crippen LogP contribution in [0.4, 0.5) is 17.6 Å². The molecular weight excluding hydrogens is 377 g/mol. The number of benzene rings is 1. The topological polar surface area (TPSA) is 22.1 Å². The third kappa shape index (κ3) is 3.79. The lowest BCUT2D eigenvalue weighted by atomic mass is 10.1. The van der Waals surface area contributed by atoms with Crippen molar-refractivity contribution < 1.29 is 22.3 Å². The van der Waals surface area contributed by atoms with Crippen molar-refractivity contribution in [1.29, 1.82) is 0 Å². The zero-order chi connectivity index (χ0) is 14.0. The van der Waals surface area contributed by atoms with Gasteiger partial charge in [0, 0.05) is 15.3 Å². The normalized spacial score (nSPS) is 11.4. The monoisotopic (exact) mass is 383 g/mol. The molecule has 0 spiro atoms. The van der Waals surface area contributed by atoms with Gasteiger partial charge in [-0.15, -0.1) is 13.2 Å². The number of pyridine rings is 1. The van der Waals surface area contributed by atoms with E-state index >= 15 is 0 Å². The van der Waals surface area contributed by atoms with Crippen LogP contribution in [0.2, 0.25) is 0 Å². The number of hydrogen-bond donors (Lipinski definition) is 0. The van der Waals surface area contributed by atoms with Gasteiger partial charge in [0.2, 0.25) is 0 Å². The molecule has 0 bridgehead atoms. The Morgan fingerprint density at radius 3 is 2.53 bits per heavy atom. The van der Waals surface area contributed by atoms with Crippen LogP contribution >= 0.6 is 22.6 Å². The highest BCUT2D eigenvalue weighted by atomic mass is 127. The maximum Gasteiger partial charge on any atom is 0.573 e. The van der Waals surface area contributed by atoms with E-state index in [0.29, 0.717) is 3.57 Å². The standard InChI is InChI=1S/C12H6F4INO/c13-10-5-8(17)6-18-11(10)7-2-1-3-9(4-7)19-12(14,15)16/h1-6H. The Bertz CT molecular complexity index is 601. The van der Waals surface area contributed by atoms with Gasteiger partial charge in [0.25, 0.3) is 0 Å². The minimum atomic E-state index is -4.78. The molecule has 0 saturated carbocycles. The molecule has 0 saturated heterocycles. The summed E-state index contributed by atoms with van der Waals surface area (Å²) in [5.74, 6) is -1.01. The van der Waals surface area contributed by atoms with E-state index in [1.54, 1.807) is 0 Å². The Labute approximate surface area is 119 Å². The van der Waals surface area contributed by atoms with E-state index in [2.05, 4.69) is 9.72 Å². The van der Waals surface area contributed by atoms with Gasteiger partial charge >= 0.3 is 6.36 Å². The van der Waals surface area contributed by atoms with Crippen LogP contribution in [0.1, 0.15) is 0 Å². The largest absolute Gasteiger partial charge is 0.573 e. The van der Waals surface area contributed by atoms with Crippen LogP contribution in [0.5, 0.6) is 5.75 Å². The maximum atomic E-state index is 13.7. The summed E-state index contributed by atoms with van der Waals surface area (Å²) < 4.78 is 54.3. The van der Waals surface area contributed by atoms with Gasteiger partial charge in [0.15, 0.2) is 5.82 Å². The van der Waals surface area contributed by atoms with E-state index in [1.807, 2.05) is 22.6 Å². The highest BCUT2D eigenvalue weighted by molar-refractivity contribution is 14.1. The van der Waals surface area contributed by atoms with Crippen molar-refractivity contribution in [3.63, 3.8) is 0 Å². The molecule has 0 aliphatic heterocycles. The van der Waals surface area contributed by atoms with Gasteiger partial charge in [-0.2, -0.15) is 0 Å². The molecule has 0 amide bonds. The fourth-order valence-corrected chi connectivity index (χ4v) is 1.88. The smallest absolute Gasteiger partial charge is 0.406 e. The lowest BCUT2D eigenvalue weighted by molar-refractivity contribution is -0.274. The molecule has 0 aliphatic rings. The predicted molar refractivity (Wildman–Crippen MR) is 69.0 cm³/mol. The summed E-state index contributed by atoms with van der Waals surface area (Å²) in [7, 11) is 0. The fourth-order valence-electron chi connectivity index (χ4n) is 1.47. The summed E-state index contributed by atoms with van der Waals surface area (Å²) in [6, 6.07) is 6.28. The molecule has 1 aromatic carbocycles. The molecule has 0 atom stereocenters. The van der Waals surface area contributed by atoms with Gasteiger partial charge in [-0.25, -0.2) is 4.39 Å². The van der Waals surface area contributed by atoms with E-state index in [9.17, 15) is 17.6 Å². The SMILES string of the molecule is Fc1cc(I)cnc1-c1cccc(OC(F)(F)F)c1. The molecule has 0 aliphatic carbocycles. The van der Waals surface area contributed by atoms with Gasteiger partial charge < -0.3 is 4.74 Å². The molecule has 0 unspecified atom stereocenters. The molecule has 7 heteroatoms. The highest BCUT2D eigenvalue weighted by Crippen LogP contribution is 2.28. The van der Waals surface area contributed by atoms with Crippen LogP contribution in [-0.4, -0.2) is 11.3 Å². The molecule has 2 nitrogen and oxygen atoms in total. The summed E-state index contributed by atoms with van der Waals surface area (Å²) in [6.07, 6.45) is -3.35. The maximum absolute atomic E-state index is 13.7. The Morgan fingerprint density at radius 1 is 1.16 bits per heavy atom. The van der Waals surface area contributed by atoms with Gasteiger partial charge in [-0.3, -0.25) is 4.98 Å². The van der Waals surface area contributed by atoms with Crippen molar-refractivity contribution in [2.75, 3.05) is 0 Å². The van der Waals surface area contributed by atoms with Crippen molar-refractivity contribution in [1.82, 2.24) is 4.98 Å². The molecule has 2 aromatic rings. The molecule has 19 heavy (non-hydrogen) atoms. The summed E-state index contributed by atoms with van der Waals surface area (Å²) in [6.45, 7) is 0. The number of rotatable bonds is 2. The van der Waals surface area contributed by atoms with Crippen molar-refractivity contribution in [2.24, 2.45) is 0 Å². The first-order valence-corrected chi connectivity index (χ1v) is 6.10. The number of alkyl halides is 3. The average molecular weight is 383 g/mol. The number of hydrogen-bond acceptors (Lipinski definition) is 2. The number of aromatic nitrogens is 1. The Morgan fingerprint density at radius 2 is 1.89 bits per heavy atom. The first-order chi connectivity index (χ1) is 8.85. The van der Waals surface area contributed by atoms with Gasteiger partial charge in [-0.1, -0.05) is 12.1 Å². The van der Waals surface area contributed by atoms with E-state index in [1.165, 1.54) is 24.4 Å². The lowest BCUT2D eigenvalue weighted by Crippen LogP contribution is -2.17. The van der Waals surface area contributed by atoms with Crippen molar-refractivity contribution >= 4 is 22.6 Å². The fraction of sp³-hybridized carbons (Fsp3) is 0.0833. The van der Waals surface area contributed by atoms with Crippen molar-refractivity contribution in [2.45, 2.75) is 6.36 Å². The van der Waals surface area contributed by atoms with Crippen molar-refractivity contribution in [3.8, 4) is 17.0 Å². The average Bonchev–Trinajstić information content (AvgIpc) is 2.26. The predicted octanol–water partition coefficient (Wildman–Crippen LogP) is 4.39. The van der Waals surface area contributed by atoms with Gasteiger partial charge in [0.1, 0.15) is 11.4 Å². The third-order valence-corrected chi connectivity index (χ3v) is 2.74. The first-order valence-electron chi connectivity index (χ1n) is 5.02. The molecule has 1 aromatic heterocycles. The summed E-state index contributed by atoms with van der Waals surface area (Å²) in [5.41, 5.74) is 0.198. The molecule has 0 radical (unpaired) electrons. The molecule has 2 rings (SSSR count). The quantitative estimate of drug-likeness (QED) is 0.567. The van der Waals surface area contributed by atoms with Crippen LogP contribution in [0.3, 0.4) is 0 Å². The minimum Gasteiger partial charge on any atom is -0.406 e. The Hall–Kier alpha value is -1.38. The number of nitrogens with zero attached hydrogens (tertiary/aromatic N) is 1. The first kappa shape index (κ1) is 14.0. The number of ether oxygens (including phenoxy) is 1. The summed E-state index contributed by atoms with van der Waals surface area (Å²) in [4.78, 5) is 3.87. The van der Waals surface area contributed by atoms with Crippen LogP contribution in [-0.2, 0) is 0 Å². The zero-order valence-corrected chi connectivity index (χ0v) is 11.4. The van der Waals surface area contributed by atoms with E-state index in [0.717, 1.165) is 12.1 Å². The van der Waals surface area contributed by atoms with Crippen LogP contribution in [0.15, 0.2) is 36.5 Å². The summed E-state index contributed by atoms with van der Waals surface area (Å²) >= 11 is 1.89. The van der Waals surface area contributed by atoms with E-state index < -0.39 is 17.9 Å². The Kier molecular flexibility index (Phi) is 3.93. The van der Waals surface area contributed by atoms with Crippen LogP contribution in [0, 0.1) is 9.39 Å². The highest BCUT2D eigenvalue weighted by Gasteiger charge is 2.31. The van der Waals surface area contributed by atoms with Crippen LogP contribution < -0.4 is 4.74 Å². The molecule has 0 N–H and O–H groups in total. The minimum absolute atomic E-state index is 0.0203. The van der Waals surface area contributed by atoms with Crippen molar-refractivity contribution in [3.05, 3.63) is 45.9 Å². The van der Waals surface area contributed by atoms with Gasteiger partial charge in [0.05, 0.1) is 0 Å². The van der Waals surface area contributed by atoms with E-state index in [4.69, 9.17) is 0 Å². The number of halogens is 5. The molecule has 100 valence electrons. The second-order valence-electron chi connectivity index (χ2n) is 3.56. The zero-order valence-electron chi connectivity index (χ0n) is 9.21. The molecular formula is C12H6F4INO. The second-order valence-corrected chi connectivity index (χ2v) is 4.81. The molecule has 1 heterocycles. The van der Waals surface area contributed by atoms with E-state index in [-0.39, 0.29) is 11.3 Å². The summed E-state index contributed by atoms with van der Waals surface area (Å²) in [5, 5.41) is 0. The van der Waals surface area contributed by atoms with Gasteiger partial charge in [-0.05, 0) is 40.8 Å².